The predicted molar refractivity (Wildman–Crippen MR) is 88.6 cm³/mol. The molecular weight excluding hydrogens is 346 g/mol. The Kier molecular flexibility index (Phi) is 3.61. The molecule has 1 atom stereocenters. The number of halogens is 4. The molecule has 1 aliphatic carbocycles. The summed E-state index contributed by atoms with van der Waals surface area (Å²) in [6, 6.07) is 7.81. The van der Waals surface area contributed by atoms with Crippen molar-refractivity contribution < 1.29 is 17.6 Å². The summed E-state index contributed by atoms with van der Waals surface area (Å²) >= 11 is 0. The first kappa shape index (κ1) is 17.0. The van der Waals surface area contributed by atoms with Crippen LogP contribution in [0.15, 0.2) is 36.5 Å². The molecular formula is C19H17F4N3. The summed E-state index contributed by atoms with van der Waals surface area (Å²) in [5.41, 5.74) is 3.20. The van der Waals surface area contributed by atoms with Crippen molar-refractivity contribution in [2.75, 3.05) is 0 Å². The molecule has 0 aliphatic heterocycles. The Morgan fingerprint density at radius 1 is 1.19 bits per heavy atom. The highest BCUT2D eigenvalue weighted by Gasteiger charge is 2.40. The minimum Gasteiger partial charge on any atom is -0.237 e. The highest BCUT2D eigenvalue weighted by atomic mass is 19.4. The maximum absolute atomic E-state index is 13.6. The van der Waals surface area contributed by atoms with Crippen LogP contribution in [0, 0.1) is 5.95 Å². The van der Waals surface area contributed by atoms with Crippen LogP contribution < -0.4 is 0 Å². The lowest BCUT2D eigenvalue weighted by Crippen LogP contribution is -2.17. The fourth-order valence-corrected chi connectivity index (χ4v) is 3.96. The molecule has 4 rings (SSSR count). The zero-order valence-corrected chi connectivity index (χ0v) is 14.3. The number of fused-ring (bicyclic) bond motifs is 3. The van der Waals surface area contributed by atoms with Gasteiger partial charge in [-0.2, -0.15) is 17.6 Å². The highest BCUT2D eigenvalue weighted by Crippen LogP contribution is 2.48. The lowest BCUT2D eigenvalue weighted by atomic mass is 9.86. The molecule has 0 saturated carbocycles. The molecule has 3 nitrogen and oxygen atoms in total. The molecule has 0 spiro atoms. The van der Waals surface area contributed by atoms with Gasteiger partial charge >= 0.3 is 6.18 Å². The van der Waals surface area contributed by atoms with Crippen LogP contribution in [-0.2, 0) is 11.8 Å². The van der Waals surface area contributed by atoms with Crippen molar-refractivity contribution in [1.82, 2.24) is 14.6 Å². The Labute approximate surface area is 147 Å². The Bertz CT molecular complexity index is 971. The van der Waals surface area contributed by atoms with Crippen LogP contribution in [0.25, 0.3) is 5.65 Å². The summed E-state index contributed by atoms with van der Waals surface area (Å²) in [5.74, 6) is -0.592. The molecule has 1 aromatic carbocycles. The lowest BCUT2D eigenvalue weighted by Gasteiger charge is -2.19. The summed E-state index contributed by atoms with van der Waals surface area (Å²) in [4.78, 5) is 4.29. The van der Waals surface area contributed by atoms with E-state index in [1.165, 1.54) is 18.2 Å². The van der Waals surface area contributed by atoms with Crippen molar-refractivity contribution in [2.24, 2.45) is 0 Å². The fraction of sp³-hybridized carbons (Fsp3) is 0.368. The second-order valence-corrected chi connectivity index (χ2v) is 7.47. The van der Waals surface area contributed by atoms with Crippen molar-refractivity contribution >= 4 is 5.65 Å². The van der Waals surface area contributed by atoms with E-state index in [2.05, 4.69) is 23.9 Å². The first-order valence-electron chi connectivity index (χ1n) is 8.34. The highest BCUT2D eigenvalue weighted by molar-refractivity contribution is 5.49. The third kappa shape index (κ3) is 2.85. The number of alkyl halides is 3. The van der Waals surface area contributed by atoms with Crippen LogP contribution in [0.5, 0.6) is 0 Å². The Morgan fingerprint density at radius 2 is 1.88 bits per heavy atom. The molecule has 1 aliphatic rings. The van der Waals surface area contributed by atoms with E-state index in [9.17, 15) is 17.6 Å². The van der Waals surface area contributed by atoms with Crippen molar-refractivity contribution in [2.45, 2.75) is 44.2 Å². The monoisotopic (exact) mass is 363 g/mol. The molecule has 136 valence electrons. The van der Waals surface area contributed by atoms with Gasteiger partial charge in [0.1, 0.15) is 0 Å². The van der Waals surface area contributed by atoms with Crippen molar-refractivity contribution in [3.8, 4) is 0 Å². The van der Waals surface area contributed by atoms with Crippen LogP contribution in [0.3, 0.4) is 0 Å². The zero-order chi connectivity index (χ0) is 18.7. The molecule has 0 bridgehead atoms. The molecule has 0 saturated heterocycles. The van der Waals surface area contributed by atoms with E-state index in [0.717, 1.165) is 23.2 Å². The van der Waals surface area contributed by atoms with Gasteiger partial charge in [-0.1, -0.05) is 38.1 Å². The first-order chi connectivity index (χ1) is 12.1. The van der Waals surface area contributed by atoms with Gasteiger partial charge in [-0.05, 0) is 17.5 Å². The third-order valence-corrected chi connectivity index (χ3v) is 5.00. The summed E-state index contributed by atoms with van der Waals surface area (Å²) in [6.45, 7) is 4.12. The average molecular weight is 363 g/mol. The predicted octanol–water partition coefficient (Wildman–Crippen LogP) is 4.79. The van der Waals surface area contributed by atoms with E-state index >= 15 is 0 Å². The Balaban J connectivity index is 1.75. The van der Waals surface area contributed by atoms with Crippen LogP contribution in [-0.4, -0.2) is 20.8 Å². The molecule has 2 heterocycles. The molecule has 1 unspecified atom stereocenters. The SMILES string of the molecule is CC1(C)CC(c2ccc(CC(F)(F)F)cc2)c2cnc3cc(F)nn3c21. The van der Waals surface area contributed by atoms with Crippen LogP contribution in [0.2, 0.25) is 0 Å². The van der Waals surface area contributed by atoms with Crippen molar-refractivity contribution in [3.63, 3.8) is 0 Å². The van der Waals surface area contributed by atoms with E-state index in [4.69, 9.17) is 0 Å². The topological polar surface area (TPSA) is 30.2 Å². The first-order valence-corrected chi connectivity index (χ1v) is 8.34. The number of hydrogen-bond acceptors (Lipinski definition) is 2. The average Bonchev–Trinajstić information content (AvgIpc) is 3.03. The molecule has 0 N–H and O–H groups in total. The summed E-state index contributed by atoms with van der Waals surface area (Å²) < 4.78 is 52.8. The third-order valence-electron chi connectivity index (χ3n) is 5.00. The second kappa shape index (κ2) is 5.53. The molecule has 2 aromatic heterocycles. The van der Waals surface area contributed by atoms with Gasteiger partial charge in [0, 0.05) is 29.2 Å². The van der Waals surface area contributed by atoms with Gasteiger partial charge in [0.15, 0.2) is 5.65 Å². The summed E-state index contributed by atoms with van der Waals surface area (Å²) in [7, 11) is 0. The molecule has 26 heavy (non-hydrogen) atoms. The Hall–Kier alpha value is -2.44. The standard InChI is InChI=1S/C19H17F4N3/c1-18(2)9-13(12-5-3-11(4-6-12)8-19(21,22)23)14-10-24-16-7-15(20)25-26(16)17(14)18/h3-7,10,13H,8-9H2,1-2H3. The van der Waals surface area contributed by atoms with Gasteiger partial charge in [-0.15, -0.1) is 5.10 Å². The van der Waals surface area contributed by atoms with E-state index in [0.29, 0.717) is 5.65 Å². The lowest BCUT2D eigenvalue weighted by molar-refractivity contribution is -0.127. The number of benzene rings is 1. The zero-order valence-electron chi connectivity index (χ0n) is 14.3. The van der Waals surface area contributed by atoms with Crippen molar-refractivity contribution in [3.05, 3.63) is 64.9 Å². The quantitative estimate of drug-likeness (QED) is 0.613. The van der Waals surface area contributed by atoms with E-state index in [1.54, 1.807) is 22.8 Å². The maximum atomic E-state index is 13.6. The van der Waals surface area contributed by atoms with E-state index < -0.39 is 18.5 Å². The number of rotatable bonds is 2. The Morgan fingerprint density at radius 3 is 2.54 bits per heavy atom. The summed E-state index contributed by atoms with van der Waals surface area (Å²) in [6.07, 6.45) is -2.67. The van der Waals surface area contributed by atoms with Gasteiger partial charge in [0.2, 0.25) is 5.95 Å². The van der Waals surface area contributed by atoms with Crippen LogP contribution in [0.4, 0.5) is 17.6 Å². The second-order valence-electron chi connectivity index (χ2n) is 7.47. The smallest absolute Gasteiger partial charge is 0.237 e. The molecule has 0 amide bonds. The van der Waals surface area contributed by atoms with Gasteiger partial charge in [-0.25, -0.2) is 9.50 Å². The van der Waals surface area contributed by atoms with Crippen LogP contribution in [0.1, 0.15) is 48.6 Å². The maximum Gasteiger partial charge on any atom is 0.393 e. The van der Waals surface area contributed by atoms with E-state index in [1.807, 2.05) is 0 Å². The number of aromatic nitrogens is 3. The van der Waals surface area contributed by atoms with Gasteiger partial charge in [0.05, 0.1) is 12.1 Å². The fourth-order valence-electron chi connectivity index (χ4n) is 3.96. The van der Waals surface area contributed by atoms with Gasteiger partial charge in [-0.3, -0.25) is 0 Å². The molecule has 3 aromatic rings. The minimum atomic E-state index is -4.22. The van der Waals surface area contributed by atoms with Gasteiger partial charge < -0.3 is 0 Å². The number of nitrogens with zero attached hydrogens (tertiary/aromatic N) is 3. The van der Waals surface area contributed by atoms with Crippen molar-refractivity contribution in [1.29, 1.82) is 0 Å². The molecule has 0 radical (unpaired) electrons. The number of hydrogen-bond donors (Lipinski definition) is 0. The van der Waals surface area contributed by atoms with E-state index in [-0.39, 0.29) is 16.9 Å². The molecule has 7 heteroatoms. The summed E-state index contributed by atoms with van der Waals surface area (Å²) in [5, 5.41) is 3.93. The largest absolute Gasteiger partial charge is 0.393 e. The van der Waals surface area contributed by atoms with Crippen LogP contribution >= 0.6 is 0 Å². The van der Waals surface area contributed by atoms with Gasteiger partial charge in [0.25, 0.3) is 0 Å². The minimum absolute atomic E-state index is 0.0101. The molecule has 0 fully saturated rings. The normalized spacial score (nSPS) is 19.1.